The van der Waals surface area contributed by atoms with Crippen LogP contribution in [-0.2, 0) is 11.3 Å². The van der Waals surface area contributed by atoms with Crippen molar-refractivity contribution in [2.45, 2.75) is 24.9 Å². The van der Waals surface area contributed by atoms with Crippen molar-refractivity contribution in [1.29, 1.82) is 5.26 Å². The monoisotopic (exact) mass is 511 g/mol. The number of halogens is 3. The van der Waals surface area contributed by atoms with E-state index in [0.717, 1.165) is 5.56 Å². The van der Waals surface area contributed by atoms with Gasteiger partial charge in [0.05, 0.1) is 21.8 Å². The average Bonchev–Trinajstić information content (AvgIpc) is 3.26. The molecule has 8 heteroatoms. The van der Waals surface area contributed by atoms with Gasteiger partial charge < -0.3 is 5.32 Å². The normalized spacial score (nSPS) is 17.8. The zero-order chi connectivity index (χ0) is 24.3. The molecule has 1 fully saturated rings. The van der Waals surface area contributed by atoms with Gasteiger partial charge in [0.25, 0.3) is 5.91 Å². The molecule has 3 aromatic rings. The van der Waals surface area contributed by atoms with Gasteiger partial charge in [-0.3, -0.25) is 14.5 Å². The number of benzene rings is 3. The van der Waals surface area contributed by atoms with Crippen molar-refractivity contribution >= 4 is 52.2 Å². The van der Waals surface area contributed by atoms with Crippen LogP contribution in [0.15, 0.2) is 66.7 Å². The summed E-state index contributed by atoms with van der Waals surface area (Å²) in [6.07, 6.45) is 1.05. The van der Waals surface area contributed by atoms with Crippen molar-refractivity contribution in [2.24, 2.45) is 0 Å². The number of hydrogen-bond acceptors (Lipinski definition) is 4. The van der Waals surface area contributed by atoms with Crippen LogP contribution in [0.2, 0.25) is 15.1 Å². The molecule has 0 aliphatic carbocycles. The van der Waals surface area contributed by atoms with Crippen molar-refractivity contribution < 1.29 is 9.59 Å². The maximum Gasteiger partial charge on any atom is 0.259 e. The van der Waals surface area contributed by atoms with Gasteiger partial charge in [-0.1, -0.05) is 71.2 Å². The Bertz CT molecular complexity index is 1290. The van der Waals surface area contributed by atoms with Gasteiger partial charge in [0, 0.05) is 29.2 Å². The molecule has 0 saturated carbocycles. The molecule has 0 unspecified atom stereocenters. The summed E-state index contributed by atoms with van der Waals surface area (Å²) < 4.78 is 0. The van der Waals surface area contributed by atoms with Gasteiger partial charge in [0.15, 0.2) is 11.3 Å². The summed E-state index contributed by atoms with van der Waals surface area (Å²) in [5, 5.41) is 14.2. The van der Waals surface area contributed by atoms with Crippen LogP contribution in [0.3, 0.4) is 0 Å². The molecular formula is C26H20Cl3N3O2. The molecule has 1 heterocycles. The van der Waals surface area contributed by atoms with Crippen molar-refractivity contribution in [3.63, 3.8) is 0 Å². The standard InChI is InChI=1S/C26H20Cl3N3O2/c27-19-8-10-23(20(14-19)24(33)18-5-2-1-3-6-18)31-25(34)26(16-30)11-4-12-32(26)15-17-7-9-21(28)22(29)13-17/h1-3,5-10,13-14H,4,11-12,15H2,(H,31,34)/t26-/m0/s1. The van der Waals surface area contributed by atoms with E-state index in [1.54, 1.807) is 48.5 Å². The van der Waals surface area contributed by atoms with E-state index in [1.165, 1.54) is 6.07 Å². The number of amides is 1. The lowest BCUT2D eigenvalue weighted by Crippen LogP contribution is -2.51. The summed E-state index contributed by atoms with van der Waals surface area (Å²) in [5.74, 6) is -0.763. The third-order valence-corrected chi connectivity index (χ3v) is 6.91. The molecular weight excluding hydrogens is 493 g/mol. The fourth-order valence-corrected chi connectivity index (χ4v) is 4.66. The summed E-state index contributed by atoms with van der Waals surface area (Å²) in [6.45, 7) is 0.923. The van der Waals surface area contributed by atoms with Crippen molar-refractivity contribution in [2.75, 3.05) is 11.9 Å². The lowest BCUT2D eigenvalue weighted by Gasteiger charge is -2.31. The number of likely N-dealkylation sites (tertiary alicyclic amines) is 1. The van der Waals surface area contributed by atoms with Gasteiger partial charge in [-0.15, -0.1) is 0 Å². The van der Waals surface area contributed by atoms with E-state index in [0.29, 0.717) is 52.2 Å². The summed E-state index contributed by atoms with van der Waals surface area (Å²) in [7, 11) is 0. The van der Waals surface area contributed by atoms with Crippen molar-refractivity contribution in [1.82, 2.24) is 4.90 Å². The Balaban J connectivity index is 1.62. The van der Waals surface area contributed by atoms with Gasteiger partial charge >= 0.3 is 0 Å². The van der Waals surface area contributed by atoms with Crippen LogP contribution in [0, 0.1) is 11.3 Å². The number of anilines is 1. The second kappa shape index (κ2) is 10.2. The average molecular weight is 513 g/mol. The molecule has 1 atom stereocenters. The van der Waals surface area contributed by atoms with Crippen LogP contribution in [0.4, 0.5) is 5.69 Å². The number of carbonyl (C=O) groups excluding carboxylic acids is 2. The minimum atomic E-state index is -1.39. The molecule has 172 valence electrons. The first-order chi connectivity index (χ1) is 16.3. The second-order valence-electron chi connectivity index (χ2n) is 8.08. The van der Waals surface area contributed by atoms with Crippen LogP contribution in [0.5, 0.6) is 0 Å². The zero-order valence-corrected chi connectivity index (χ0v) is 20.3. The Labute approximate surface area is 212 Å². The highest BCUT2D eigenvalue weighted by Crippen LogP contribution is 2.34. The highest BCUT2D eigenvalue weighted by atomic mass is 35.5. The van der Waals surface area contributed by atoms with E-state index in [9.17, 15) is 14.9 Å². The van der Waals surface area contributed by atoms with E-state index < -0.39 is 11.4 Å². The third-order valence-electron chi connectivity index (χ3n) is 5.93. The first kappa shape index (κ1) is 24.3. The topological polar surface area (TPSA) is 73.2 Å². The summed E-state index contributed by atoms with van der Waals surface area (Å²) in [5.41, 5.74) is 0.486. The molecule has 1 N–H and O–H groups in total. The molecule has 0 radical (unpaired) electrons. The van der Waals surface area contributed by atoms with E-state index in [1.807, 2.05) is 17.0 Å². The first-order valence-corrected chi connectivity index (χ1v) is 11.8. The quantitative estimate of drug-likeness (QED) is 0.389. The minimum absolute atomic E-state index is 0.258. The van der Waals surface area contributed by atoms with Crippen LogP contribution in [0.1, 0.15) is 34.3 Å². The maximum absolute atomic E-state index is 13.5. The number of nitrogens with one attached hydrogen (secondary N) is 1. The number of nitriles is 1. The Morgan fingerprint density at radius 3 is 2.47 bits per heavy atom. The Hall–Kier alpha value is -2.88. The molecule has 1 amide bonds. The SMILES string of the molecule is N#C[C@]1(C(=O)Nc2ccc(Cl)cc2C(=O)c2ccccc2)CCCN1Cc1ccc(Cl)c(Cl)c1. The number of nitrogens with zero attached hydrogens (tertiary/aromatic N) is 2. The van der Waals surface area contributed by atoms with E-state index in [4.69, 9.17) is 34.8 Å². The molecule has 0 spiro atoms. The highest BCUT2D eigenvalue weighted by molar-refractivity contribution is 6.42. The van der Waals surface area contributed by atoms with Crippen LogP contribution in [0.25, 0.3) is 0 Å². The minimum Gasteiger partial charge on any atom is -0.323 e. The molecule has 4 rings (SSSR count). The molecule has 0 bridgehead atoms. The van der Waals surface area contributed by atoms with Crippen LogP contribution < -0.4 is 5.32 Å². The van der Waals surface area contributed by atoms with Gasteiger partial charge in [-0.25, -0.2) is 0 Å². The summed E-state index contributed by atoms with van der Waals surface area (Å²) in [6, 6.07) is 20.9. The Morgan fingerprint density at radius 1 is 1.00 bits per heavy atom. The smallest absolute Gasteiger partial charge is 0.259 e. The maximum atomic E-state index is 13.5. The summed E-state index contributed by atoms with van der Waals surface area (Å²) in [4.78, 5) is 28.5. The molecule has 5 nitrogen and oxygen atoms in total. The fraction of sp³-hybridized carbons (Fsp3) is 0.192. The molecule has 34 heavy (non-hydrogen) atoms. The summed E-state index contributed by atoms with van der Waals surface area (Å²) >= 11 is 18.3. The van der Waals surface area contributed by atoms with Gasteiger partial charge in [-0.05, 0) is 48.7 Å². The predicted molar refractivity (Wildman–Crippen MR) is 134 cm³/mol. The largest absolute Gasteiger partial charge is 0.323 e. The number of hydrogen-bond donors (Lipinski definition) is 1. The molecule has 1 aliphatic rings. The molecule has 0 aromatic heterocycles. The Morgan fingerprint density at radius 2 is 1.76 bits per heavy atom. The van der Waals surface area contributed by atoms with E-state index in [-0.39, 0.29) is 11.3 Å². The molecule has 1 saturated heterocycles. The van der Waals surface area contributed by atoms with Gasteiger partial charge in [0.1, 0.15) is 0 Å². The first-order valence-electron chi connectivity index (χ1n) is 10.6. The second-order valence-corrected chi connectivity index (χ2v) is 9.34. The lowest BCUT2D eigenvalue weighted by molar-refractivity contribution is -0.123. The number of rotatable bonds is 6. The van der Waals surface area contributed by atoms with Gasteiger partial charge in [0.2, 0.25) is 0 Å². The zero-order valence-electron chi connectivity index (χ0n) is 18.0. The van der Waals surface area contributed by atoms with Crippen molar-refractivity contribution in [3.8, 4) is 6.07 Å². The Kier molecular flexibility index (Phi) is 7.25. The van der Waals surface area contributed by atoms with Gasteiger partial charge in [-0.2, -0.15) is 5.26 Å². The number of carbonyl (C=O) groups is 2. The van der Waals surface area contributed by atoms with E-state index in [2.05, 4.69) is 11.4 Å². The number of ketones is 1. The molecule has 1 aliphatic heterocycles. The van der Waals surface area contributed by atoms with E-state index >= 15 is 0 Å². The van der Waals surface area contributed by atoms with Crippen molar-refractivity contribution in [3.05, 3.63) is 98.5 Å². The van der Waals surface area contributed by atoms with Crippen LogP contribution >= 0.6 is 34.8 Å². The molecule has 3 aromatic carbocycles. The lowest BCUT2D eigenvalue weighted by atomic mass is 9.95. The third kappa shape index (κ3) is 4.82. The highest BCUT2D eigenvalue weighted by Gasteiger charge is 2.48. The predicted octanol–water partition coefficient (Wildman–Crippen LogP) is 6.37. The van der Waals surface area contributed by atoms with Crippen LogP contribution in [-0.4, -0.2) is 28.7 Å². The fourth-order valence-electron chi connectivity index (χ4n) is 4.17.